The largest absolute Gasteiger partial charge is 0.272 e. The van der Waals surface area contributed by atoms with Crippen LogP contribution in [0.4, 0.5) is 0 Å². The number of carbonyl (C=O) groups excluding carboxylic acids is 2. The van der Waals surface area contributed by atoms with Crippen LogP contribution in [0.3, 0.4) is 0 Å². The lowest BCUT2D eigenvalue weighted by atomic mass is 10.1. The van der Waals surface area contributed by atoms with Crippen molar-refractivity contribution in [2.45, 2.75) is 12.7 Å². The molecule has 84 valence electrons. The van der Waals surface area contributed by atoms with Gasteiger partial charge in [-0.2, -0.15) is 0 Å². The molecule has 0 fully saturated rings. The standard InChI is InChI=1S/C10H10N2O3S/c1-7(13)11-16(15)6-8-4-2-3-5-9(8)10(14)12-16/h2-5H,6H2,1H3,(H,11,12,13,14,15). The van der Waals surface area contributed by atoms with Gasteiger partial charge in [-0.05, 0) is 11.6 Å². The molecule has 2 rings (SSSR count). The maximum atomic E-state index is 12.1. The number of hydrogen-bond acceptors (Lipinski definition) is 3. The first kappa shape index (κ1) is 10.8. The van der Waals surface area contributed by atoms with E-state index in [4.69, 9.17) is 0 Å². The Morgan fingerprint density at radius 2 is 2.12 bits per heavy atom. The summed E-state index contributed by atoms with van der Waals surface area (Å²) in [7, 11) is -2.98. The summed E-state index contributed by atoms with van der Waals surface area (Å²) in [6.07, 6.45) is 0. The molecule has 1 aliphatic rings. The van der Waals surface area contributed by atoms with Gasteiger partial charge in [0.1, 0.15) is 9.92 Å². The van der Waals surface area contributed by atoms with Crippen molar-refractivity contribution in [2.75, 3.05) is 0 Å². The number of nitrogens with zero attached hydrogens (tertiary/aromatic N) is 1. The Kier molecular flexibility index (Phi) is 2.51. The molecule has 0 aliphatic carbocycles. The quantitative estimate of drug-likeness (QED) is 0.728. The monoisotopic (exact) mass is 238 g/mol. The molecule has 0 aromatic heterocycles. The third-order valence-corrected chi connectivity index (χ3v) is 3.90. The van der Waals surface area contributed by atoms with Crippen LogP contribution < -0.4 is 4.72 Å². The number of hydrogen-bond donors (Lipinski definition) is 1. The van der Waals surface area contributed by atoms with Crippen molar-refractivity contribution in [1.29, 1.82) is 0 Å². The Labute approximate surface area is 93.2 Å². The van der Waals surface area contributed by atoms with Crippen molar-refractivity contribution in [2.24, 2.45) is 4.36 Å². The highest BCUT2D eigenvalue weighted by atomic mass is 32.2. The predicted octanol–water partition coefficient (Wildman–Crippen LogP) is 0.859. The average molecular weight is 238 g/mol. The van der Waals surface area contributed by atoms with Crippen molar-refractivity contribution in [3.8, 4) is 0 Å². The number of nitrogens with one attached hydrogen (secondary N) is 1. The Morgan fingerprint density at radius 3 is 2.81 bits per heavy atom. The van der Waals surface area contributed by atoms with Gasteiger partial charge in [0.2, 0.25) is 0 Å². The van der Waals surface area contributed by atoms with Gasteiger partial charge in [0.25, 0.3) is 11.8 Å². The van der Waals surface area contributed by atoms with Gasteiger partial charge >= 0.3 is 0 Å². The molecular weight excluding hydrogens is 228 g/mol. The number of amides is 2. The highest BCUT2D eigenvalue weighted by Gasteiger charge is 2.25. The summed E-state index contributed by atoms with van der Waals surface area (Å²) in [6, 6.07) is 6.85. The van der Waals surface area contributed by atoms with Crippen LogP contribution in [0.25, 0.3) is 0 Å². The summed E-state index contributed by atoms with van der Waals surface area (Å²) in [5, 5.41) is 0. The summed E-state index contributed by atoms with van der Waals surface area (Å²) in [6.45, 7) is 1.21. The highest BCUT2D eigenvalue weighted by molar-refractivity contribution is 7.91. The molecule has 2 amide bonds. The fourth-order valence-corrected chi connectivity index (χ4v) is 3.25. The molecule has 1 aliphatic heterocycles. The van der Waals surface area contributed by atoms with Crippen LogP contribution in [0.5, 0.6) is 0 Å². The van der Waals surface area contributed by atoms with Crippen LogP contribution in [0.2, 0.25) is 0 Å². The van der Waals surface area contributed by atoms with E-state index in [0.29, 0.717) is 11.1 Å². The lowest BCUT2D eigenvalue weighted by Crippen LogP contribution is -2.37. The van der Waals surface area contributed by atoms with E-state index in [1.165, 1.54) is 6.92 Å². The smallest absolute Gasteiger partial charge is 0.263 e. The second-order valence-corrected chi connectivity index (χ2v) is 5.44. The van der Waals surface area contributed by atoms with Gasteiger partial charge in [-0.1, -0.05) is 18.2 Å². The van der Waals surface area contributed by atoms with E-state index in [-0.39, 0.29) is 5.75 Å². The van der Waals surface area contributed by atoms with Gasteiger partial charge in [0.05, 0.1) is 5.75 Å². The molecule has 0 spiro atoms. The molecule has 0 bridgehead atoms. The lowest BCUT2D eigenvalue weighted by molar-refractivity contribution is -0.115. The van der Waals surface area contributed by atoms with Crippen LogP contribution in [-0.4, -0.2) is 16.0 Å². The van der Waals surface area contributed by atoms with Crippen LogP contribution in [0, 0.1) is 0 Å². The molecule has 6 heteroatoms. The Hall–Kier alpha value is -1.69. The number of rotatable bonds is 0. The van der Waals surface area contributed by atoms with E-state index in [1.54, 1.807) is 24.3 Å². The topological polar surface area (TPSA) is 75.6 Å². The zero-order valence-corrected chi connectivity index (χ0v) is 9.41. The molecule has 1 heterocycles. The highest BCUT2D eigenvalue weighted by Crippen LogP contribution is 2.18. The van der Waals surface area contributed by atoms with Crippen LogP contribution in [0.15, 0.2) is 28.6 Å². The molecule has 0 radical (unpaired) electrons. The van der Waals surface area contributed by atoms with Crippen molar-refractivity contribution in [3.05, 3.63) is 35.4 Å². The van der Waals surface area contributed by atoms with Gasteiger partial charge in [-0.25, -0.2) is 4.21 Å². The first-order valence-corrected chi connectivity index (χ1v) is 6.34. The second kappa shape index (κ2) is 3.71. The Balaban J connectivity index is 2.54. The molecule has 16 heavy (non-hydrogen) atoms. The molecule has 1 aromatic rings. The van der Waals surface area contributed by atoms with Gasteiger partial charge in [0.15, 0.2) is 0 Å². The number of carbonyl (C=O) groups is 2. The maximum absolute atomic E-state index is 12.1. The summed E-state index contributed by atoms with van der Waals surface area (Å²) in [5.74, 6) is -0.921. The fraction of sp³-hybridized carbons (Fsp3) is 0.200. The Bertz CT molecular complexity index is 585. The SMILES string of the molecule is CC(=O)N=S1(=O)Cc2ccccc2C(=O)N1. The summed E-state index contributed by atoms with van der Waals surface area (Å²) < 4.78 is 17.8. The molecule has 1 unspecified atom stereocenters. The molecule has 0 saturated carbocycles. The normalized spacial score (nSPS) is 23.2. The van der Waals surface area contributed by atoms with Gasteiger partial charge in [-0.3, -0.25) is 14.3 Å². The second-order valence-electron chi connectivity index (χ2n) is 3.48. The Morgan fingerprint density at radius 1 is 1.44 bits per heavy atom. The fourth-order valence-electron chi connectivity index (χ4n) is 1.58. The first-order valence-electron chi connectivity index (χ1n) is 4.65. The number of fused-ring (bicyclic) bond motifs is 1. The zero-order valence-electron chi connectivity index (χ0n) is 8.60. The van der Waals surface area contributed by atoms with E-state index >= 15 is 0 Å². The third-order valence-electron chi connectivity index (χ3n) is 2.14. The molecule has 1 atom stereocenters. The van der Waals surface area contributed by atoms with E-state index in [1.807, 2.05) is 0 Å². The molecule has 0 saturated heterocycles. The third kappa shape index (κ3) is 1.96. The van der Waals surface area contributed by atoms with Crippen molar-refractivity contribution >= 4 is 21.7 Å². The van der Waals surface area contributed by atoms with E-state index < -0.39 is 21.7 Å². The lowest BCUT2D eigenvalue weighted by Gasteiger charge is -2.19. The zero-order chi connectivity index (χ0) is 11.8. The maximum Gasteiger partial charge on any atom is 0.263 e. The predicted molar refractivity (Wildman–Crippen MR) is 58.9 cm³/mol. The van der Waals surface area contributed by atoms with Gasteiger partial charge in [-0.15, -0.1) is 4.36 Å². The van der Waals surface area contributed by atoms with E-state index in [0.717, 1.165) is 0 Å². The van der Waals surface area contributed by atoms with Crippen LogP contribution >= 0.6 is 0 Å². The molecule has 1 aromatic carbocycles. The molecule has 5 nitrogen and oxygen atoms in total. The molecule has 1 N–H and O–H groups in total. The van der Waals surface area contributed by atoms with Crippen LogP contribution in [0.1, 0.15) is 22.8 Å². The van der Waals surface area contributed by atoms with E-state index in [9.17, 15) is 13.8 Å². The summed E-state index contributed by atoms with van der Waals surface area (Å²) in [5.41, 5.74) is 1.14. The average Bonchev–Trinajstić information content (AvgIpc) is 2.15. The van der Waals surface area contributed by atoms with Gasteiger partial charge in [0, 0.05) is 12.5 Å². The summed E-state index contributed by atoms with van der Waals surface area (Å²) in [4.78, 5) is 22.5. The van der Waals surface area contributed by atoms with Crippen LogP contribution in [-0.2, 0) is 20.5 Å². The van der Waals surface area contributed by atoms with E-state index in [2.05, 4.69) is 9.08 Å². The number of benzene rings is 1. The first-order chi connectivity index (χ1) is 7.50. The summed E-state index contributed by atoms with van der Waals surface area (Å²) >= 11 is 0. The minimum atomic E-state index is -2.98. The minimum absolute atomic E-state index is 0.0779. The van der Waals surface area contributed by atoms with Crippen molar-refractivity contribution in [3.63, 3.8) is 0 Å². The van der Waals surface area contributed by atoms with Crippen molar-refractivity contribution in [1.82, 2.24) is 4.72 Å². The minimum Gasteiger partial charge on any atom is -0.272 e. The van der Waals surface area contributed by atoms with Gasteiger partial charge < -0.3 is 0 Å². The molecular formula is C10H10N2O3S. The van der Waals surface area contributed by atoms with Crippen molar-refractivity contribution < 1.29 is 13.8 Å².